The van der Waals surface area contributed by atoms with Crippen molar-refractivity contribution in [2.24, 2.45) is 17.3 Å². The summed E-state index contributed by atoms with van der Waals surface area (Å²) in [6.45, 7) is 13.0. The SMILES string of the molecule is C=CCC[C@@H]1C[C@H]1OC(=O)N[C@H](C(=O)N1C[C@H](Oc2nc3cc(OC(F)(F)F)ccc3nc2C(F)(F)C=C)[C@@H](CC)[C@H]1C(=O)O)C(C)(C)C. The minimum atomic E-state index is -5.04. The molecule has 1 saturated carbocycles. The number of ether oxygens (including phenoxy) is 3. The van der Waals surface area contributed by atoms with E-state index in [2.05, 4.69) is 33.2 Å². The number of amides is 2. The van der Waals surface area contributed by atoms with E-state index < -0.39 is 83.6 Å². The fourth-order valence-electron chi connectivity index (χ4n) is 5.89. The number of aromatic nitrogens is 2. The van der Waals surface area contributed by atoms with Gasteiger partial charge in [0.15, 0.2) is 5.69 Å². The summed E-state index contributed by atoms with van der Waals surface area (Å²) >= 11 is 0. The van der Waals surface area contributed by atoms with Gasteiger partial charge in [-0.25, -0.2) is 19.6 Å². The van der Waals surface area contributed by atoms with Crippen LogP contribution >= 0.6 is 0 Å². The third kappa shape index (κ3) is 8.76. The van der Waals surface area contributed by atoms with Crippen LogP contribution in [0, 0.1) is 17.3 Å². The van der Waals surface area contributed by atoms with E-state index >= 15 is 8.78 Å². The molecule has 1 aromatic carbocycles. The van der Waals surface area contributed by atoms with E-state index in [0.717, 1.165) is 35.9 Å². The molecule has 0 spiro atoms. The first-order chi connectivity index (χ1) is 22.8. The summed E-state index contributed by atoms with van der Waals surface area (Å²) in [5.41, 5.74) is -2.44. The number of carbonyl (C=O) groups is 3. The summed E-state index contributed by atoms with van der Waals surface area (Å²) in [4.78, 5) is 48.5. The first-order valence-corrected chi connectivity index (χ1v) is 15.7. The standard InChI is InChI=1S/C33H39F5N4O7/c1-7-10-11-17-14-22(17)48-30(46)41-26(31(4,5)6)28(43)42-16-23(19(8-2)24(42)29(44)45)47-27-25(32(34,35)9-3)39-20-13-12-18(15-21(20)40-27)49-33(36,37)38/h7,9,12-13,15,17,19,22-24,26H,1,3,8,10-11,14,16H2,2,4-6H3,(H,41,46)(H,44,45)/t17-,19-,22-,23+,24+,26-/m1/s1. The average molecular weight is 699 g/mol. The summed E-state index contributed by atoms with van der Waals surface area (Å²) in [7, 11) is 0. The van der Waals surface area contributed by atoms with Crippen LogP contribution in [0.1, 0.15) is 59.1 Å². The van der Waals surface area contributed by atoms with Crippen molar-refractivity contribution < 1.29 is 55.7 Å². The van der Waals surface area contributed by atoms with E-state index in [-0.39, 0.29) is 35.6 Å². The Morgan fingerprint density at radius 3 is 2.37 bits per heavy atom. The summed E-state index contributed by atoms with van der Waals surface area (Å²) in [5, 5.41) is 12.8. The predicted molar refractivity (Wildman–Crippen MR) is 166 cm³/mol. The van der Waals surface area contributed by atoms with Gasteiger partial charge in [-0.15, -0.1) is 19.8 Å². The maximum Gasteiger partial charge on any atom is 0.573 e. The number of carbonyl (C=O) groups excluding carboxylic acids is 2. The zero-order valence-corrected chi connectivity index (χ0v) is 27.4. The van der Waals surface area contributed by atoms with Crippen LogP contribution in [0.2, 0.25) is 0 Å². The van der Waals surface area contributed by atoms with Gasteiger partial charge in [-0.2, -0.15) is 8.78 Å². The first-order valence-electron chi connectivity index (χ1n) is 15.7. The second-order valence-corrected chi connectivity index (χ2v) is 13.2. The molecule has 0 radical (unpaired) electrons. The van der Waals surface area contributed by atoms with E-state index in [4.69, 9.17) is 9.47 Å². The number of carboxylic acids is 1. The summed E-state index contributed by atoms with van der Waals surface area (Å²) in [5.74, 6) is -8.28. The molecule has 268 valence electrons. The highest BCUT2D eigenvalue weighted by Crippen LogP contribution is 2.40. The Morgan fingerprint density at radius 2 is 1.80 bits per heavy atom. The maximum absolute atomic E-state index is 15.1. The number of hydrogen-bond acceptors (Lipinski definition) is 8. The van der Waals surface area contributed by atoms with Crippen molar-refractivity contribution >= 4 is 29.0 Å². The number of halogens is 5. The lowest BCUT2D eigenvalue weighted by atomic mass is 9.85. The number of nitrogens with zero attached hydrogens (tertiary/aromatic N) is 3. The molecular weight excluding hydrogens is 659 g/mol. The Morgan fingerprint density at radius 1 is 1.10 bits per heavy atom. The lowest BCUT2D eigenvalue weighted by Gasteiger charge is -2.34. The third-order valence-corrected chi connectivity index (χ3v) is 8.51. The zero-order valence-electron chi connectivity index (χ0n) is 27.4. The van der Waals surface area contributed by atoms with E-state index in [9.17, 15) is 32.7 Å². The van der Waals surface area contributed by atoms with Gasteiger partial charge in [-0.05, 0) is 55.2 Å². The quantitative estimate of drug-likeness (QED) is 0.180. The maximum atomic E-state index is 15.1. The van der Waals surface area contributed by atoms with E-state index in [1.165, 1.54) is 0 Å². The Hall–Kier alpha value is -4.50. The van der Waals surface area contributed by atoms with Gasteiger partial charge in [-0.1, -0.05) is 40.3 Å². The van der Waals surface area contributed by atoms with Crippen LogP contribution in [-0.4, -0.2) is 75.1 Å². The highest BCUT2D eigenvalue weighted by Gasteiger charge is 2.52. The molecule has 49 heavy (non-hydrogen) atoms. The van der Waals surface area contributed by atoms with Gasteiger partial charge >= 0.3 is 24.3 Å². The van der Waals surface area contributed by atoms with Gasteiger partial charge in [0, 0.05) is 12.0 Å². The summed E-state index contributed by atoms with van der Waals surface area (Å²) in [6.07, 6.45) is -3.08. The summed E-state index contributed by atoms with van der Waals surface area (Å²) < 4.78 is 84.1. The van der Waals surface area contributed by atoms with Crippen molar-refractivity contribution in [1.82, 2.24) is 20.2 Å². The number of carboxylic acid groups (broad SMARTS) is 1. The molecule has 11 nitrogen and oxygen atoms in total. The lowest BCUT2D eigenvalue weighted by Crippen LogP contribution is -2.57. The fraction of sp³-hybridized carbons (Fsp3) is 0.545. The molecule has 4 rings (SSSR count). The van der Waals surface area contributed by atoms with Crippen molar-refractivity contribution in [3.63, 3.8) is 0 Å². The smallest absolute Gasteiger partial charge is 0.480 e. The number of hydrogen-bond donors (Lipinski definition) is 2. The molecule has 1 aliphatic heterocycles. The van der Waals surface area contributed by atoms with Crippen molar-refractivity contribution in [1.29, 1.82) is 0 Å². The van der Waals surface area contributed by atoms with Crippen molar-refractivity contribution in [3.8, 4) is 11.6 Å². The van der Waals surface area contributed by atoms with Gasteiger partial charge in [0.25, 0.3) is 0 Å². The molecule has 0 unspecified atom stereocenters. The predicted octanol–water partition coefficient (Wildman–Crippen LogP) is 6.37. The summed E-state index contributed by atoms with van der Waals surface area (Å²) in [6, 6.07) is -0.0245. The number of allylic oxidation sites excluding steroid dienone is 2. The monoisotopic (exact) mass is 698 g/mol. The molecule has 2 aliphatic rings. The number of rotatable bonds is 13. The van der Waals surface area contributed by atoms with E-state index in [1.54, 1.807) is 33.8 Å². The van der Waals surface area contributed by atoms with Crippen LogP contribution in [0.5, 0.6) is 11.6 Å². The van der Waals surface area contributed by atoms with Gasteiger partial charge < -0.3 is 29.5 Å². The molecule has 2 heterocycles. The lowest BCUT2D eigenvalue weighted by molar-refractivity contribution is -0.274. The minimum absolute atomic E-state index is 0.104. The normalized spacial score (nSPS) is 23.0. The van der Waals surface area contributed by atoms with Crippen molar-refractivity contribution in [2.75, 3.05) is 6.54 Å². The second-order valence-electron chi connectivity index (χ2n) is 13.2. The molecule has 1 saturated heterocycles. The Kier molecular flexibility index (Phi) is 10.8. The van der Waals surface area contributed by atoms with Crippen LogP contribution < -0.4 is 14.8 Å². The van der Waals surface area contributed by atoms with Gasteiger partial charge in [0.05, 0.1) is 17.6 Å². The number of benzene rings is 1. The number of fused-ring (bicyclic) bond motifs is 1. The van der Waals surface area contributed by atoms with Crippen LogP contribution in [0.4, 0.5) is 26.7 Å². The molecule has 2 amide bonds. The first kappa shape index (κ1) is 37.3. The van der Waals surface area contributed by atoms with Crippen LogP contribution in [0.25, 0.3) is 11.0 Å². The Labute approximate surface area is 279 Å². The van der Waals surface area contributed by atoms with Gasteiger partial charge in [0.2, 0.25) is 11.8 Å². The van der Waals surface area contributed by atoms with Crippen LogP contribution in [0.3, 0.4) is 0 Å². The Balaban J connectivity index is 1.65. The van der Waals surface area contributed by atoms with Crippen molar-refractivity contribution in [2.45, 2.75) is 90.0 Å². The zero-order chi connectivity index (χ0) is 36.5. The van der Waals surface area contributed by atoms with E-state index in [1.807, 2.05) is 0 Å². The molecule has 0 bridgehead atoms. The molecule has 6 atom stereocenters. The topological polar surface area (TPSA) is 140 Å². The Bertz CT molecular complexity index is 1600. The average Bonchev–Trinajstić information content (AvgIpc) is 3.63. The second kappa shape index (κ2) is 14.2. The highest BCUT2D eigenvalue weighted by molar-refractivity contribution is 5.90. The number of aliphatic carboxylic acids is 1. The van der Waals surface area contributed by atoms with Crippen molar-refractivity contribution in [3.05, 3.63) is 49.2 Å². The third-order valence-electron chi connectivity index (χ3n) is 8.51. The molecule has 16 heteroatoms. The molecule has 2 aromatic rings. The number of likely N-dealkylation sites (tertiary alicyclic amines) is 1. The number of alkyl carbamates (subject to hydrolysis) is 1. The van der Waals surface area contributed by atoms with Gasteiger partial charge in [-0.3, -0.25) is 4.79 Å². The van der Waals surface area contributed by atoms with E-state index in [0.29, 0.717) is 6.42 Å². The number of alkyl halides is 5. The largest absolute Gasteiger partial charge is 0.573 e. The number of nitrogens with one attached hydrogen (secondary N) is 1. The highest BCUT2D eigenvalue weighted by atomic mass is 19.4. The fourth-order valence-corrected chi connectivity index (χ4v) is 5.89. The minimum Gasteiger partial charge on any atom is -0.480 e. The molecule has 1 aromatic heterocycles. The van der Waals surface area contributed by atoms with Gasteiger partial charge in [0.1, 0.15) is 30.0 Å². The molecule has 1 aliphatic carbocycles. The molecule has 2 fully saturated rings. The molecule has 2 N–H and O–H groups in total. The van der Waals surface area contributed by atoms with Crippen LogP contribution in [0.15, 0.2) is 43.5 Å². The van der Waals surface area contributed by atoms with Crippen LogP contribution in [-0.2, 0) is 20.2 Å². The molecular formula is C33H39F5N4O7.